The topological polar surface area (TPSA) is 26.3 Å². The van der Waals surface area contributed by atoms with Crippen LogP contribution in [0.2, 0.25) is 0 Å². The summed E-state index contributed by atoms with van der Waals surface area (Å²) in [5, 5.41) is -1.17. The third-order valence-electron chi connectivity index (χ3n) is 4.66. The lowest BCUT2D eigenvalue weighted by atomic mass is 10.1. The lowest BCUT2D eigenvalue weighted by Gasteiger charge is -2.13. The maximum absolute atomic E-state index is 12.5. The van der Waals surface area contributed by atoms with Gasteiger partial charge < -0.3 is 4.74 Å². The molecule has 1 unspecified atom stereocenters. The predicted molar refractivity (Wildman–Crippen MR) is 78.2 cm³/mol. The molecule has 0 radical (unpaired) electrons. The molecular formula is C16H20ClF3O2. The van der Waals surface area contributed by atoms with Gasteiger partial charge in [0.1, 0.15) is 11.1 Å². The molecule has 0 aromatic heterocycles. The Morgan fingerprint density at radius 2 is 2.14 bits per heavy atom. The molecule has 0 spiro atoms. The van der Waals surface area contributed by atoms with Gasteiger partial charge in [0.25, 0.3) is 0 Å². The van der Waals surface area contributed by atoms with Crippen LogP contribution in [0.3, 0.4) is 0 Å². The molecule has 0 aromatic carbocycles. The minimum absolute atomic E-state index is 0.179. The van der Waals surface area contributed by atoms with E-state index in [2.05, 4.69) is 6.08 Å². The van der Waals surface area contributed by atoms with Crippen LogP contribution in [0, 0.1) is 17.3 Å². The van der Waals surface area contributed by atoms with Crippen molar-refractivity contribution in [3.05, 3.63) is 22.8 Å². The van der Waals surface area contributed by atoms with E-state index in [-0.39, 0.29) is 6.10 Å². The van der Waals surface area contributed by atoms with Gasteiger partial charge >= 0.3 is 12.1 Å². The maximum atomic E-state index is 12.5. The van der Waals surface area contributed by atoms with Gasteiger partial charge in [0.15, 0.2) is 0 Å². The molecule has 6 heteroatoms. The van der Waals surface area contributed by atoms with Crippen LogP contribution >= 0.6 is 11.6 Å². The molecule has 0 aromatic rings. The summed E-state index contributed by atoms with van der Waals surface area (Å²) in [5.41, 5.74) is 0.701. The first-order valence-corrected chi connectivity index (χ1v) is 7.78. The number of rotatable bonds is 4. The molecule has 0 aliphatic heterocycles. The van der Waals surface area contributed by atoms with E-state index in [9.17, 15) is 18.0 Å². The van der Waals surface area contributed by atoms with Crippen molar-refractivity contribution in [3.63, 3.8) is 0 Å². The Bertz CT molecular complexity index is 520. The van der Waals surface area contributed by atoms with E-state index in [1.807, 2.05) is 6.92 Å². The fraction of sp³-hybridized carbons (Fsp3) is 0.688. The molecular weight excluding hydrogens is 317 g/mol. The van der Waals surface area contributed by atoms with Crippen molar-refractivity contribution in [2.45, 2.75) is 52.3 Å². The average Bonchev–Trinajstić information content (AvgIpc) is 2.74. The van der Waals surface area contributed by atoms with E-state index in [4.69, 9.17) is 16.3 Å². The van der Waals surface area contributed by atoms with E-state index >= 15 is 0 Å². The van der Waals surface area contributed by atoms with E-state index in [1.165, 1.54) is 5.57 Å². The van der Waals surface area contributed by atoms with Crippen LogP contribution < -0.4 is 0 Å². The van der Waals surface area contributed by atoms with Crippen molar-refractivity contribution in [1.29, 1.82) is 0 Å². The van der Waals surface area contributed by atoms with Crippen LogP contribution in [-0.4, -0.2) is 18.2 Å². The molecule has 2 aliphatic rings. The van der Waals surface area contributed by atoms with E-state index < -0.39 is 34.4 Å². The number of esters is 1. The lowest BCUT2D eigenvalue weighted by molar-refractivity contribution is -0.151. The first-order valence-electron chi connectivity index (χ1n) is 7.40. The summed E-state index contributed by atoms with van der Waals surface area (Å²) in [5.74, 6) is -1.52. The van der Waals surface area contributed by atoms with Crippen molar-refractivity contribution in [2.24, 2.45) is 17.3 Å². The number of alkyl halides is 3. The summed E-state index contributed by atoms with van der Waals surface area (Å²) in [6.07, 6.45) is 0.591. The fourth-order valence-electron chi connectivity index (χ4n) is 3.06. The minimum atomic E-state index is -4.57. The summed E-state index contributed by atoms with van der Waals surface area (Å²) in [6, 6.07) is 0. The molecule has 0 N–H and O–H groups in total. The number of allylic oxidation sites excluding steroid dienone is 2. The molecule has 0 bridgehead atoms. The monoisotopic (exact) mass is 336 g/mol. The van der Waals surface area contributed by atoms with Crippen molar-refractivity contribution >= 4 is 17.6 Å². The number of hydrogen-bond donors (Lipinski definition) is 0. The Hall–Kier alpha value is -0.970. The standard InChI is InChI=1S/C16H20ClF3O2/c1-4-9-5-6-10(7-9)22-14(21)13-11(15(13,2)3)8-12(17)16(18,19)20/h5,8,10-11,13H,4,6-7H2,1-3H3/b12-8-/t10?,11-,13-/m1/s1. The van der Waals surface area contributed by atoms with E-state index in [0.29, 0.717) is 6.42 Å². The Morgan fingerprint density at radius 3 is 2.64 bits per heavy atom. The van der Waals surface area contributed by atoms with Crippen molar-refractivity contribution in [1.82, 2.24) is 0 Å². The van der Waals surface area contributed by atoms with Crippen LogP contribution in [-0.2, 0) is 9.53 Å². The fourth-order valence-corrected chi connectivity index (χ4v) is 3.20. The van der Waals surface area contributed by atoms with Gasteiger partial charge in [-0.05, 0) is 17.8 Å². The highest BCUT2D eigenvalue weighted by atomic mass is 35.5. The summed E-state index contributed by atoms with van der Waals surface area (Å²) in [7, 11) is 0. The second-order valence-electron chi connectivity index (χ2n) is 6.55. The van der Waals surface area contributed by atoms with Gasteiger partial charge in [-0.3, -0.25) is 4.79 Å². The number of carbonyl (C=O) groups excluding carboxylic acids is 1. The second-order valence-corrected chi connectivity index (χ2v) is 6.96. The van der Waals surface area contributed by atoms with E-state index in [1.54, 1.807) is 13.8 Å². The van der Waals surface area contributed by atoms with Crippen LogP contribution in [0.1, 0.15) is 40.0 Å². The molecule has 2 aliphatic carbocycles. The summed E-state index contributed by atoms with van der Waals surface area (Å²) < 4.78 is 43.0. The molecule has 2 rings (SSSR count). The van der Waals surface area contributed by atoms with Gasteiger partial charge in [0.05, 0.1) is 5.92 Å². The second kappa shape index (κ2) is 5.91. The van der Waals surface area contributed by atoms with Crippen LogP contribution in [0.4, 0.5) is 13.2 Å². The highest BCUT2D eigenvalue weighted by Crippen LogP contribution is 2.60. The first-order chi connectivity index (χ1) is 10.1. The Labute approximate surface area is 133 Å². The van der Waals surface area contributed by atoms with Crippen LogP contribution in [0.15, 0.2) is 22.8 Å². The smallest absolute Gasteiger partial charge is 0.426 e. The zero-order chi connectivity index (χ0) is 16.7. The third kappa shape index (κ3) is 3.50. The number of halogens is 4. The van der Waals surface area contributed by atoms with Crippen molar-refractivity contribution < 1.29 is 22.7 Å². The van der Waals surface area contributed by atoms with Gasteiger partial charge in [0, 0.05) is 12.8 Å². The predicted octanol–water partition coefficient (Wildman–Crippen LogP) is 4.99. The molecule has 0 saturated heterocycles. The zero-order valence-corrected chi connectivity index (χ0v) is 13.6. The van der Waals surface area contributed by atoms with Gasteiger partial charge in [-0.25, -0.2) is 0 Å². The average molecular weight is 337 g/mol. The molecule has 1 fully saturated rings. The van der Waals surface area contributed by atoms with Gasteiger partial charge in [-0.2, -0.15) is 13.2 Å². The molecule has 0 amide bonds. The number of ether oxygens (including phenoxy) is 1. The molecule has 2 nitrogen and oxygen atoms in total. The van der Waals surface area contributed by atoms with Gasteiger partial charge in [0.2, 0.25) is 0 Å². The zero-order valence-electron chi connectivity index (χ0n) is 12.8. The highest BCUT2D eigenvalue weighted by Gasteiger charge is 2.62. The van der Waals surface area contributed by atoms with Crippen LogP contribution in [0.25, 0.3) is 0 Å². The lowest BCUT2D eigenvalue weighted by Crippen LogP contribution is -2.19. The maximum Gasteiger partial charge on any atom is 0.426 e. The molecule has 0 heterocycles. The summed E-state index contributed by atoms with van der Waals surface area (Å²) in [4.78, 5) is 12.2. The first kappa shape index (κ1) is 17.4. The van der Waals surface area contributed by atoms with E-state index in [0.717, 1.165) is 18.9 Å². The summed E-state index contributed by atoms with van der Waals surface area (Å²) in [6.45, 7) is 5.55. The minimum Gasteiger partial charge on any atom is -0.461 e. The normalized spacial score (nSPS) is 31.0. The summed E-state index contributed by atoms with van der Waals surface area (Å²) >= 11 is 5.27. The van der Waals surface area contributed by atoms with Gasteiger partial charge in [-0.15, -0.1) is 0 Å². The third-order valence-corrected chi connectivity index (χ3v) is 5.00. The Morgan fingerprint density at radius 1 is 1.50 bits per heavy atom. The van der Waals surface area contributed by atoms with Crippen molar-refractivity contribution in [3.8, 4) is 0 Å². The number of hydrogen-bond acceptors (Lipinski definition) is 2. The number of carbonyl (C=O) groups is 1. The Balaban J connectivity index is 1.97. The molecule has 124 valence electrons. The van der Waals surface area contributed by atoms with Crippen LogP contribution in [0.5, 0.6) is 0 Å². The molecule has 1 saturated carbocycles. The molecule has 22 heavy (non-hydrogen) atoms. The SMILES string of the molecule is CCC1=CCC(OC(=O)[C@H]2[C@@H](/C=C(\Cl)C(F)(F)F)C2(C)C)C1. The largest absolute Gasteiger partial charge is 0.461 e. The highest BCUT2D eigenvalue weighted by molar-refractivity contribution is 6.30. The quantitative estimate of drug-likeness (QED) is 0.534. The van der Waals surface area contributed by atoms with Gasteiger partial charge in [-0.1, -0.05) is 50.1 Å². The Kier molecular flexibility index (Phi) is 4.67. The molecule has 3 atom stereocenters. The van der Waals surface area contributed by atoms with Crippen molar-refractivity contribution in [2.75, 3.05) is 0 Å².